The van der Waals surface area contributed by atoms with E-state index >= 15 is 0 Å². The molecule has 0 spiro atoms. The zero-order chi connectivity index (χ0) is 15.6. The molecule has 7 heteroatoms. The Morgan fingerprint density at radius 1 is 0.950 bits per heavy atom. The lowest BCUT2D eigenvalue weighted by molar-refractivity contribution is -0.359. The van der Waals surface area contributed by atoms with Gasteiger partial charge in [-0.05, 0) is 18.4 Å². The van der Waals surface area contributed by atoms with E-state index in [4.69, 9.17) is 0 Å². The zero-order valence-electron chi connectivity index (χ0n) is 10.4. The second-order valence-corrected chi connectivity index (χ2v) is 4.23. The highest BCUT2D eigenvalue weighted by Gasteiger charge is 2.73. The van der Waals surface area contributed by atoms with Crippen LogP contribution in [0.1, 0.15) is 30.9 Å². The molecular weight excluding hydrogens is 289 g/mol. The number of hydrogen-bond acceptors (Lipinski definition) is 0. The first-order valence-corrected chi connectivity index (χ1v) is 5.80. The SMILES string of the molecule is CCC[CH]c1ccccc1C(F)(F)C(F)(F)C(F)(F)F. The van der Waals surface area contributed by atoms with Crippen molar-refractivity contribution in [2.75, 3.05) is 0 Å². The Hall–Kier alpha value is -1.27. The van der Waals surface area contributed by atoms with Crippen LogP contribution >= 0.6 is 0 Å². The minimum atomic E-state index is -6.33. The first-order chi connectivity index (χ1) is 9.05. The zero-order valence-corrected chi connectivity index (χ0v) is 10.4. The van der Waals surface area contributed by atoms with Crippen LogP contribution in [0, 0.1) is 6.42 Å². The Labute approximate surface area is 111 Å². The van der Waals surface area contributed by atoms with Crippen LogP contribution in [0.3, 0.4) is 0 Å². The monoisotopic (exact) mass is 301 g/mol. The van der Waals surface area contributed by atoms with E-state index in [1.807, 2.05) is 0 Å². The molecule has 0 atom stereocenters. The lowest BCUT2D eigenvalue weighted by atomic mass is 9.93. The molecule has 1 aromatic rings. The fourth-order valence-electron chi connectivity index (χ4n) is 1.61. The van der Waals surface area contributed by atoms with Gasteiger partial charge in [0.25, 0.3) is 0 Å². The number of alkyl halides is 7. The predicted octanol–water partition coefficient (Wildman–Crippen LogP) is 5.33. The van der Waals surface area contributed by atoms with Gasteiger partial charge in [-0.1, -0.05) is 37.6 Å². The topological polar surface area (TPSA) is 0 Å². The van der Waals surface area contributed by atoms with E-state index in [1.54, 1.807) is 6.92 Å². The molecule has 0 aromatic heterocycles. The summed E-state index contributed by atoms with van der Waals surface area (Å²) in [5, 5.41) is 0. The molecule has 0 heterocycles. The van der Waals surface area contributed by atoms with Crippen molar-refractivity contribution in [2.24, 2.45) is 0 Å². The molecule has 1 radical (unpaired) electrons. The number of hydrogen-bond donors (Lipinski definition) is 0. The van der Waals surface area contributed by atoms with Crippen molar-refractivity contribution in [3.05, 3.63) is 41.8 Å². The molecule has 0 amide bonds. The molecule has 0 aliphatic heterocycles. The van der Waals surface area contributed by atoms with Crippen LogP contribution in [0.2, 0.25) is 0 Å². The molecule has 0 aliphatic carbocycles. The van der Waals surface area contributed by atoms with Gasteiger partial charge in [0.15, 0.2) is 0 Å². The predicted molar refractivity (Wildman–Crippen MR) is 59.6 cm³/mol. The van der Waals surface area contributed by atoms with Crippen molar-refractivity contribution in [1.82, 2.24) is 0 Å². The van der Waals surface area contributed by atoms with Crippen molar-refractivity contribution in [1.29, 1.82) is 0 Å². The Morgan fingerprint density at radius 2 is 1.50 bits per heavy atom. The van der Waals surface area contributed by atoms with Gasteiger partial charge in [0.05, 0.1) is 0 Å². The maximum Gasteiger partial charge on any atom is 0.460 e. The summed E-state index contributed by atoms with van der Waals surface area (Å²) in [5.41, 5.74) is -1.64. The average Bonchev–Trinajstić information content (AvgIpc) is 2.35. The van der Waals surface area contributed by atoms with Crippen LogP contribution in [-0.2, 0) is 5.92 Å². The molecular formula is C13H12F7. The Kier molecular flexibility index (Phi) is 4.71. The quantitative estimate of drug-likeness (QED) is 0.645. The maximum atomic E-state index is 13.6. The van der Waals surface area contributed by atoms with E-state index in [1.165, 1.54) is 12.5 Å². The number of halogens is 7. The van der Waals surface area contributed by atoms with E-state index in [2.05, 4.69) is 0 Å². The largest absolute Gasteiger partial charge is 0.460 e. The summed E-state index contributed by atoms with van der Waals surface area (Å²) in [6.45, 7) is 1.72. The van der Waals surface area contributed by atoms with Gasteiger partial charge in [0.2, 0.25) is 0 Å². The Bertz CT molecular complexity index is 448. The van der Waals surface area contributed by atoms with E-state index in [9.17, 15) is 30.7 Å². The third kappa shape index (κ3) is 2.91. The van der Waals surface area contributed by atoms with Crippen LogP contribution in [0.5, 0.6) is 0 Å². The molecule has 20 heavy (non-hydrogen) atoms. The summed E-state index contributed by atoms with van der Waals surface area (Å²) in [6, 6.07) is 3.97. The molecule has 0 bridgehead atoms. The lowest BCUT2D eigenvalue weighted by Gasteiger charge is -2.29. The third-order valence-electron chi connectivity index (χ3n) is 2.70. The number of rotatable bonds is 5. The van der Waals surface area contributed by atoms with Gasteiger partial charge in [0.1, 0.15) is 0 Å². The van der Waals surface area contributed by atoms with E-state index in [-0.39, 0.29) is 5.56 Å². The first kappa shape index (κ1) is 16.8. The van der Waals surface area contributed by atoms with Crippen LogP contribution in [0.25, 0.3) is 0 Å². The van der Waals surface area contributed by atoms with Crippen LogP contribution in [0.15, 0.2) is 24.3 Å². The Balaban J connectivity index is 3.28. The van der Waals surface area contributed by atoms with Gasteiger partial charge in [0, 0.05) is 5.56 Å². The molecule has 0 nitrogen and oxygen atoms in total. The lowest BCUT2D eigenvalue weighted by Crippen LogP contribution is -2.50. The van der Waals surface area contributed by atoms with Crippen LogP contribution in [0.4, 0.5) is 30.7 Å². The first-order valence-electron chi connectivity index (χ1n) is 5.80. The summed E-state index contributed by atoms with van der Waals surface area (Å²) in [7, 11) is 0. The van der Waals surface area contributed by atoms with Crippen molar-refractivity contribution in [2.45, 2.75) is 37.8 Å². The normalized spacial score (nSPS) is 13.6. The molecule has 0 saturated carbocycles. The summed E-state index contributed by atoms with van der Waals surface area (Å²) >= 11 is 0. The van der Waals surface area contributed by atoms with E-state index in [0.29, 0.717) is 18.9 Å². The minimum absolute atomic E-state index is 0.296. The molecule has 0 saturated heterocycles. The van der Waals surface area contributed by atoms with E-state index in [0.717, 1.165) is 12.1 Å². The molecule has 1 aromatic carbocycles. The fraction of sp³-hybridized carbons (Fsp3) is 0.462. The molecule has 113 valence electrons. The summed E-state index contributed by atoms with van der Waals surface area (Å²) < 4.78 is 89.7. The highest BCUT2D eigenvalue weighted by molar-refractivity contribution is 5.37. The average molecular weight is 301 g/mol. The number of benzene rings is 1. The van der Waals surface area contributed by atoms with Gasteiger partial charge >= 0.3 is 18.0 Å². The standard InChI is InChI=1S/C13H12F7/c1-2-3-6-9-7-4-5-8-10(9)11(14,15)12(16,17)13(18,19)20/h4-8H,2-3H2,1H3. The van der Waals surface area contributed by atoms with Crippen molar-refractivity contribution < 1.29 is 30.7 Å². The summed E-state index contributed by atoms with van der Waals surface area (Å²) in [6.07, 6.45) is -4.26. The van der Waals surface area contributed by atoms with Crippen LogP contribution < -0.4 is 0 Å². The minimum Gasteiger partial charge on any atom is -0.194 e. The number of unbranched alkanes of at least 4 members (excludes halogenated alkanes) is 1. The molecule has 1 rings (SSSR count). The van der Waals surface area contributed by atoms with Gasteiger partial charge in [-0.25, -0.2) is 0 Å². The molecule has 0 aliphatic rings. The third-order valence-corrected chi connectivity index (χ3v) is 2.70. The van der Waals surface area contributed by atoms with Gasteiger partial charge in [-0.15, -0.1) is 0 Å². The highest BCUT2D eigenvalue weighted by atomic mass is 19.4. The fourth-order valence-corrected chi connectivity index (χ4v) is 1.61. The molecule has 0 N–H and O–H groups in total. The van der Waals surface area contributed by atoms with Gasteiger partial charge in [-0.3, -0.25) is 0 Å². The van der Waals surface area contributed by atoms with Gasteiger partial charge in [-0.2, -0.15) is 30.7 Å². The van der Waals surface area contributed by atoms with Crippen LogP contribution in [-0.4, -0.2) is 12.1 Å². The second-order valence-electron chi connectivity index (χ2n) is 4.23. The van der Waals surface area contributed by atoms with E-state index < -0.39 is 23.6 Å². The summed E-state index contributed by atoms with van der Waals surface area (Å²) in [5.74, 6) is -11.5. The Morgan fingerprint density at radius 3 is 2.00 bits per heavy atom. The van der Waals surface area contributed by atoms with Gasteiger partial charge < -0.3 is 0 Å². The maximum absolute atomic E-state index is 13.6. The van der Waals surface area contributed by atoms with Crippen molar-refractivity contribution in [3.63, 3.8) is 0 Å². The smallest absolute Gasteiger partial charge is 0.194 e. The van der Waals surface area contributed by atoms with Crippen molar-refractivity contribution in [3.8, 4) is 0 Å². The second kappa shape index (κ2) is 5.61. The molecule has 0 unspecified atom stereocenters. The van der Waals surface area contributed by atoms with Crippen molar-refractivity contribution >= 4 is 0 Å². The summed E-state index contributed by atoms with van der Waals surface area (Å²) in [4.78, 5) is 0. The molecule has 0 fully saturated rings. The highest BCUT2D eigenvalue weighted by Crippen LogP contribution is 2.52.